The number of benzene rings is 1. The topological polar surface area (TPSA) is 96.7 Å². The summed E-state index contributed by atoms with van der Waals surface area (Å²) in [5, 5.41) is 8.98. The maximum Gasteiger partial charge on any atom is 0.277 e. The molecule has 0 saturated carbocycles. The molecule has 0 aromatic heterocycles. The molecule has 1 heterocycles. The largest absolute Gasteiger partial charge is 0.495 e. The van der Waals surface area contributed by atoms with Crippen LogP contribution in [0.15, 0.2) is 18.2 Å². The van der Waals surface area contributed by atoms with Gasteiger partial charge in [-0.3, -0.25) is 4.79 Å². The lowest BCUT2D eigenvalue weighted by Gasteiger charge is -2.24. The highest BCUT2D eigenvalue weighted by Gasteiger charge is 2.51. The van der Waals surface area contributed by atoms with Crippen molar-refractivity contribution in [3.63, 3.8) is 0 Å². The smallest absolute Gasteiger partial charge is 0.277 e. The summed E-state index contributed by atoms with van der Waals surface area (Å²) in [6.07, 6.45) is 0.0588. The fourth-order valence-electron chi connectivity index (χ4n) is 2.46. The third-order valence-electron chi connectivity index (χ3n) is 3.68. The molecule has 1 saturated heterocycles. The molecule has 1 aliphatic heterocycles. The van der Waals surface area contributed by atoms with Crippen LogP contribution >= 0.6 is 0 Å². The number of hydrogen-bond acceptors (Lipinski definition) is 6. The first-order valence-electron chi connectivity index (χ1n) is 6.86. The lowest BCUT2D eigenvalue weighted by Crippen LogP contribution is -2.37. The standard InChI is InChI=1S/C15H18N2O5S/c1-15(2)9-17(23(4,19)20)14(18)13(15)22-11-6-5-10(8-16)12(7-11)21-3/h5-7,13H,9H2,1-4H3. The Hall–Kier alpha value is -2.27. The van der Waals surface area contributed by atoms with Crippen molar-refractivity contribution in [1.82, 2.24) is 4.31 Å². The molecule has 7 nitrogen and oxygen atoms in total. The fourth-order valence-corrected chi connectivity index (χ4v) is 3.45. The van der Waals surface area contributed by atoms with Gasteiger partial charge in [-0.25, -0.2) is 12.7 Å². The molecule has 23 heavy (non-hydrogen) atoms. The minimum atomic E-state index is -3.64. The molecule has 0 N–H and O–H groups in total. The molecule has 1 aliphatic rings. The van der Waals surface area contributed by atoms with Crippen LogP contribution in [0.4, 0.5) is 0 Å². The van der Waals surface area contributed by atoms with E-state index in [1.807, 2.05) is 6.07 Å². The van der Waals surface area contributed by atoms with Gasteiger partial charge in [0.2, 0.25) is 10.0 Å². The van der Waals surface area contributed by atoms with Crippen LogP contribution in [0.1, 0.15) is 19.4 Å². The van der Waals surface area contributed by atoms with Gasteiger partial charge in [0, 0.05) is 18.0 Å². The highest BCUT2D eigenvalue weighted by Crippen LogP contribution is 2.36. The van der Waals surface area contributed by atoms with Gasteiger partial charge in [0.15, 0.2) is 6.10 Å². The van der Waals surface area contributed by atoms with Crippen LogP contribution in [-0.4, -0.2) is 44.6 Å². The van der Waals surface area contributed by atoms with Gasteiger partial charge in [-0.1, -0.05) is 13.8 Å². The lowest BCUT2D eigenvalue weighted by molar-refractivity contribution is -0.130. The average Bonchev–Trinajstić information content (AvgIpc) is 2.70. The quantitative estimate of drug-likeness (QED) is 0.817. The van der Waals surface area contributed by atoms with Crippen molar-refractivity contribution in [2.24, 2.45) is 5.41 Å². The molecule has 124 valence electrons. The summed E-state index contributed by atoms with van der Waals surface area (Å²) < 4.78 is 35.1. The van der Waals surface area contributed by atoms with Crippen LogP contribution in [0.25, 0.3) is 0 Å². The first-order valence-corrected chi connectivity index (χ1v) is 8.71. The Kier molecular flexibility index (Phi) is 4.26. The number of nitrogens with zero attached hydrogens (tertiary/aromatic N) is 2. The average molecular weight is 338 g/mol. The first kappa shape index (κ1) is 17.1. The number of amides is 1. The highest BCUT2D eigenvalue weighted by molar-refractivity contribution is 7.88. The van der Waals surface area contributed by atoms with E-state index in [9.17, 15) is 13.2 Å². The van der Waals surface area contributed by atoms with E-state index in [-0.39, 0.29) is 6.54 Å². The molecular formula is C15H18N2O5S. The van der Waals surface area contributed by atoms with Crippen LogP contribution in [0, 0.1) is 16.7 Å². The third kappa shape index (κ3) is 3.24. The van der Waals surface area contributed by atoms with E-state index in [0.29, 0.717) is 17.1 Å². The normalized spacial score (nSPS) is 20.2. The van der Waals surface area contributed by atoms with Crippen molar-refractivity contribution < 1.29 is 22.7 Å². The summed E-state index contributed by atoms with van der Waals surface area (Å²) in [4.78, 5) is 12.4. The van der Waals surface area contributed by atoms with Crippen LogP contribution in [0.3, 0.4) is 0 Å². The van der Waals surface area contributed by atoms with E-state index in [1.54, 1.807) is 19.9 Å². The van der Waals surface area contributed by atoms with E-state index in [4.69, 9.17) is 14.7 Å². The van der Waals surface area contributed by atoms with Gasteiger partial charge in [0.25, 0.3) is 5.91 Å². The number of nitriles is 1. The van der Waals surface area contributed by atoms with Gasteiger partial charge in [-0.05, 0) is 12.1 Å². The zero-order valence-electron chi connectivity index (χ0n) is 13.4. The minimum Gasteiger partial charge on any atom is -0.495 e. The van der Waals surface area contributed by atoms with Crippen LogP contribution < -0.4 is 9.47 Å². The Balaban J connectivity index is 2.33. The summed E-state index contributed by atoms with van der Waals surface area (Å²) in [5.74, 6) is 0.0664. The van der Waals surface area contributed by atoms with Gasteiger partial charge >= 0.3 is 0 Å². The molecule has 1 amide bonds. The molecule has 0 aliphatic carbocycles. The molecule has 0 radical (unpaired) electrons. The number of methoxy groups -OCH3 is 1. The number of carbonyl (C=O) groups excluding carboxylic acids is 1. The molecule has 8 heteroatoms. The first-order chi connectivity index (χ1) is 10.6. The van der Waals surface area contributed by atoms with Crippen molar-refractivity contribution in [2.45, 2.75) is 20.0 Å². The van der Waals surface area contributed by atoms with Crippen LogP contribution in [0.5, 0.6) is 11.5 Å². The summed E-state index contributed by atoms with van der Waals surface area (Å²) in [6, 6.07) is 6.56. The van der Waals surface area contributed by atoms with Gasteiger partial charge < -0.3 is 9.47 Å². The summed E-state index contributed by atoms with van der Waals surface area (Å²) in [7, 11) is -2.21. The second kappa shape index (κ2) is 5.74. The minimum absolute atomic E-state index is 0.0583. The van der Waals surface area contributed by atoms with E-state index in [2.05, 4.69) is 0 Å². The second-order valence-corrected chi connectivity index (χ2v) is 7.98. The number of hydrogen-bond donors (Lipinski definition) is 0. The second-order valence-electron chi connectivity index (χ2n) is 6.07. The van der Waals surface area contributed by atoms with Crippen molar-refractivity contribution in [1.29, 1.82) is 5.26 Å². The molecule has 0 bridgehead atoms. The fraction of sp³-hybridized carbons (Fsp3) is 0.467. The predicted molar refractivity (Wildman–Crippen MR) is 82.5 cm³/mol. The van der Waals surface area contributed by atoms with Gasteiger partial charge in [0.1, 0.15) is 17.6 Å². The third-order valence-corrected chi connectivity index (χ3v) is 4.79. The van der Waals surface area contributed by atoms with Crippen LogP contribution in [-0.2, 0) is 14.8 Å². The summed E-state index contributed by atoms with van der Waals surface area (Å²) in [5.41, 5.74) is -0.337. The predicted octanol–water partition coefficient (Wildman–Crippen LogP) is 1.14. The molecule has 1 aromatic rings. The van der Waals surface area contributed by atoms with Crippen molar-refractivity contribution in [2.75, 3.05) is 19.9 Å². The van der Waals surface area contributed by atoms with Gasteiger partial charge in [-0.2, -0.15) is 5.26 Å². The number of carbonyl (C=O) groups is 1. The van der Waals surface area contributed by atoms with Crippen molar-refractivity contribution >= 4 is 15.9 Å². The van der Waals surface area contributed by atoms with Crippen LogP contribution in [0.2, 0.25) is 0 Å². The molecular weight excluding hydrogens is 320 g/mol. The summed E-state index contributed by atoms with van der Waals surface area (Å²) in [6.45, 7) is 3.59. The molecule has 0 spiro atoms. The Morgan fingerprint density at radius 1 is 1.39 bits per heavy atom. The van der Waals surface area contributed by atoms with Crippen molar-refractivity contribution in [3.8, 4) is 17.6 Å². The Labute approximate surface area is 135 Å². The molecule has 2 rings (SSSR count). The van der Waals surface area contributed by atoms with E-state index in [1.165, 1.54) is 19.2 Å². The molecule has 1 aromatic carbocycles. The molecule has 1 fully saturated rings. The lowest BCUT2D eigenvalue weighted by atomic mass is 9.89. The van der Waals surface area contributed by atoms with Gasteiger partial charge in [0.05, 0.1) is 18.9 Å². The summed E-state index contributed by atoms with van der Waals surface area (Å²) >= 11 is 0. The zero-order chi connectivity index (χ0) is 17.4. The van der Waals surface area contributed by atoms with Gasteiger partial charge in [-0.15, -0.1) is 0 Å². The van der Waals surface area contributed by atoms with Crippen molar-refractivity contribution in [3.05, 3.63) is 23.8 Å². The maximum absolute atomic E-state index is 12.4. The van der Waals surface area contributed by atoms with E-state index >= 15 is 0 Å². The maximum atomic E-state index is 12.4. The SMILES string of the molecule is COc1cc(OC2C(=O)N(S(C)(=O)=O)CC2(C)C)ccc1C#N. The number of sulfonamides is 1. The number of rotatable bonds is 4. The monoisotopic (exact) mass is 338 g/mol. The Bertz CT molecular complexity index is 780. The zero-order valence-corrected chi connectivity index (χ0v) is 14.2. The Morgan fingerprint density at radius 3 is 2.52 bits per heavy atom. The van der Waals surface area contributed by atoms with E-state index < -0.39 is 27.4 Å². The highest BCUT2D eigenvalue weighted by atomic mass is 32.2. The van der Waals surface area contributed by atoms with E-state index in [0.717, 1.165) is 10.6 Å². The Morgan fingerprint density at radius 2 is 2.04 bits per heavy atom. The molecule has 1 atom stereocenters. The number of ether oxygens (including phenoxy) is 2. The molecule has 1 unspecified atom stereocenters.